The lowest BCUT2D eigenvalue weighted by Crippen LogP contribution is -2.34. The van der Waals surface area contributed by atoms with Crippen LogP contribution in [0.2, 0.25) is 0 Å². The van der Waals surface area contributed by atoms with Gasteiger partial charge < -0.3 is 25.2 Å². The van der Waals surface area contributed by atoms with E-state index in [9.17, 15) is 14.7 Å². The third kappa shape index (κ3) is 5.01. The molecule has 3 N–H and O–H groups in total. The molecule has 1 aromatic heterocycles. The van der Waals surface area contributed by atoms with Gasteiger partial charge in [0.15, 0.2) is 0 Å². The van der Waals surface area contributed by atoms with E-state index in [1.165, 1.54) is 19.4 Å². The lowest BCUT2D eigenvalue weighted by molar-refractivity contribution is -0.115. The van der Waals surface area contributed by atoms with Crippen LogP contribution in [0.1, 0.15) is 28.2 Å². The molecule has 154 valence electrons. The van der Waals surface area contributed by atoms with Gasteiger partial charge in [0.2, 0.25) is 11.8 Å². The first-order chi connectivity index (χ1) is 13.9. The lowest BCUT2D eigenvalue weighted by atomic mass is 10.0. The average molecular weight is 465 g/mol. The standard InChI is InChI=1S/C19H21BrN4O5/c1-10-12(19(26)27)3-4-14(17(10)22-8-11-5-6-29-11)23-16(25)7-15-21-9-13(20)18(24-15)28-2/h3-4,9,11,22H,5-8H2,1-2H3,(H,23,25)(H,26,27). The van der Waals surface area contributed by atoms with Gasteiger partial charge in [-0.05, 0) is 47.0 Å². The number of hydrogen-bond acceptors (Lipinski definition) is 7. The number of benzene rings is 1. The highest BCUT2D eigenvalue weighted by Crippen LogP contribution is 2.30. The van der Waals surface area contributed by atoms with Crippen LogP contribution in [0.5, 0.6) is 5.88 Å². The molecule has 0 saturated carbocycles. The molecule has 0 radical (unpaired) electrons. The maximum Gasteiger partial charge on any atom is 0.336 e. The van der Waals surface area contributed by atoms with Crippen molar-refractivity contribution in [1.29, 1.82) is 0 Å². The lowest BCUT2D eigenvalue weighted by Gasteiger charge is -2.28. The Labute approximate surface area is 176 Å². The Hall–Kier alpha value is -2.72. The van der Waals surface area contributed by atoms with Crippen LogP contribution in [0.4, 0.5) is 11.4 Å². The van der Waals surface area contributed by atoms with Crippen molar-refractivity contribution in [3.63, 3.8) is 0 Å². The smallest absolute Gasteiger partial charge is 0.336 e. The molecule has 1 aliphatic heterocycles. The highest BCUT2D eigenvalue weighted by molar-refractivity contribution is 9.10. The summed E-state index contributed by atoms with van der Waals surface area (Å²) in [4.78, 5) is 32.3. The van der Waals surface area contributed by atoms with Gasteiger partial charge in [-0.3, -0.25) is 4.79 Å². The van der Waals surface area contributed by atoms with E-state index in [1.54, 1.807) is 13.0 Å². The summed E-state index contributed by atoms with van der Waals surface area (Å²) in [5, 5.41) is 15.4. The maximum absolute atomic E-state index is 12.5. The zero-order valence-electron chi connectivity index (χ0n) is 16.0. The van der Waals surface area contributed by atoms with Gasteiger partial charge in [-0.15, -0.1) is 0 Å². The molecule has 1 amide bonds. The fourth-order valence-electron chi connectivity index (χ4n) is 2.89. The third-order valence-electron chi connectivity index (χ3n) is 4.54. The van der Waals surface area contributed by atoms with E-state index in [-0.39, 0.29) is 24.0 Å². The van der Waals surface area contributed by atoms with Gasteiger partial charge in [0.1, 0.15) is 5.82 Å². The van der Waals surface area contributed by atoms with E-state index in [0.29, 0.717) is 39.7 Å². The number of aromatic carboxylic acids is 1. The Balaban J connectivity index is 1.78. The number of aromatic nitrogens is 2. The Kier molecular flexibility index (Phi) is 6.65. The van der Waals surface area contributed by atoms with E-state index < -0.39 is 5.97 Å². The van der Waals surface area contributed by atoms with Crippen molar-refractivity contribution in [3.8, 4) is 5.88 Å². The number of carbonyl (C=O) groups is 2. The molecular weight excluding hydrogens is 444 g/mol. The van der Waals surface area contributed by atoms with Gasteiger partial charge in [0.25, 0.3) is 0 Å². The summed E-state index contributed by atoms with van der Waals surface area (Å²) in [5.74, 6) is -0.718. The molecule has 0 aliphatic carbocycles. The third-order valence-corrected chi connectivity index (χ3v) is 5.09. The fourth-order valence-corrected chi connectivity index (χ4v) is 3.24. The molecule has 1 fully saturated rings. The van der Waals surface area contributed by atoms with Crippen molar-refractivity contribution < 1.29 is 24.2 Å². The number of amides is 1. The van der Waals surface area contributed by atoms with Crippen LogP contribution in [0.15, 0.2) is 22.8 Å². The summed E-state index contributed by atoms with van der Waals surface area (Å²) < 4.78 is 11.1. The van der Waals surface area contributed by atoms with Gasteiger partial charge in [-0.25, -0.2) is 9.78 Å². The van der Waals surface area contributed by atoms with Crippen LogP contribution in [-0.2, 0) is 16.0 Å². The van der Waals surface area contributed by atoms with Crippen molar-refractivity contribution in [2.24, 2.45) is 0 Å². The van der Waals surface area contributed by atoms with Crippen LogP contribution in [0.25, 0.3) is 0 Å². The molecule has 1 saturated heterocycles. The van der Waals surface area contributed by atoms with E-state index in [4.69, 9.17) is 9.47 Å². The van der Waals surface area contributed by atoms with Crippen LogP contribution in [0.3, 0.4) is 0 Å². The van der Waals surface area contributed by atoms with Crippen molar-refractivity contribution >= 4 is 39.2 Å². The summed E-state index contributed by atoms with van der Waals surface area (Å²) in [7, 11) is 1.48. The van der Waals surface area contributed by atoms with Crippen molar-refractivity contribution in [2.45, 2.75) is 25.9 Å². The molecule has 3 rings (SSSR count). The quantitative estimate of drug-likeness (QED) is 0.544. The second-order valence-corrected chi connectivity index (χ2v) is 7.35. The molecular formula is C19H21BrN4O5. The largest absolute Gasteiger partial charge is 0.480 e. The Morgan fingerprint density at radius 3 is 2.79 bits per heavy atom. The number of methoxy groups -OCH3 is 1. The first kappa shape index (κ1) is 21.0. The molecule has 2 heterocycles. The summed E-state index contributed by atoms with van der Waals surface area (Å²) in [5.41, 5.74) is 1.75. The molecule has 29 heavy (non-hydrogen) atoms. The normalized spacial score (nSPS) is 15.3. The first-order valence-corrected chi connectivity index (χ1v) is 9.76. The summed E-state index contributed by atoms with van der Waals surface area (Å²) in [6.07, 6.45) is 2.48. The molecule has 9 nitrogen and oxygen atoms in total. The number of halogens is 1. The molecule has 1 atom stereocenters. The van der Waals surface area contributed by atoms with Crippen LogP contribution < -0.4 is 15.4 Å². The number of carboxylic acids is 1. The number of hydrogen-bond donors (Lipinski definition) is 3. The van der Waals surface area contributed by atoms with Gasteiger partial charge in [-0.1, -0.05) is 0 Å². The van der Waals surface area contributed by atoms with E-state index >= 15 is 0 Å². The summed E-state index contributed by atoms with van der Waals surface area (Å²) in [6, 6.07) is 3.04. The van der Waals surface area contributed by atoms with Gasteiger partial charge in [-0.2, -0.15) is 4.98 Å². The SMILES string of the molecule is COc1nc(CC(=O)Nc2ccc(C(=O)O)c(C)c2NCC2CCO2)ncc1Br. The van der Waals surface area contributed by atoms with Gasteiger partial charge in [0.05, 0.1) is 41.0 Å². The Morgan fingerprint density at radius 2 is 2.17 bits per heavy atom. The van der Waals surface area contributed by atoms with E-state index in [2.05, 4.69) is 36.5 Å². The zero-order valence-corrected chi connectivity index (χ0v) is 17.6. The highest BCUT2D eigenvalue weighted by Gasteiger charge is 2.21. The minimum Gasteiger partial charge on any atom is -0.480 e. The van der Waals surface area contributed by atoms with Crippen LogP contribution in [0, 0.1) is 6.92 Å². The predicted molar refractivity (Wildman–Crippen MR) is 110 cm³/mol. The van der Waals surface area contributed by atoms with Crippen molar-refractivity contribution in [1.82, 2.24) is 9.97 Å². The van der Waals surface area contributed by atoms with Crippen molar-refractivity contribution in [2.75, 3.05) is 30.9 Å². The monoisotopic (exact) mass is 464 g/mol. The number of rotatable bonds is 8. The number of ether oxygens (including phenoxy) is 2. The molecule has 1 aromatic carbocycles. The maximum atomic E-state index is 12.5. The molecule has 10 heteroatoms. The van der Waals surface area contributed by atoms with E-state index in [1.807, 2.05) is 0 Å². The predicted octanol–water partition coefficient (Wildman–Crippen LogP) is 2.64. The summed E-state index contributed by atoms with van der Waals surface area (Å²) in [6.45, 7) is 2.95. The number of anilines is 2. The minimum atomic E-state index is -1.03. The van der Waals surface area contributed by atoms with Gasteiger partial charge in [0, 0.05) is 19.3 Å². The van der Waals surface area contributed by atoms with Crippen LogP contribution in [-0.4, -0.2) is 53.3 Å². The molecule has 0 spiro atoms. The second-order valence-electron chi connectivity index (χ2n) is 6.50. The van der Waals surface area contributed by atoms with E-state index in [0.717, 1.165) is 13.0 Å². The topological polar surface area (TPSA) is 123 Å². The molecule has 0 bridgehead atoms. The Morgan fingerprint density at radius 1 is 1.41 bits per heavy atom. The Bertz CT molecular complexity index is 933. The number of carboxylic acid groups (broad SMARTS) is 1. The molecule has 1 aliphatic rings. The second kappa shape index (κ2) is 9.19. The molecule has 1 unspecified atom stereocenters. The van der Waals surface area contributed by atoms with Crippen molar-refractivity contribution in [3.05, 3.63) is 39.8 Å². The number of nitrogens with zero attached hydrogens (tertiary/aromatic N) is 2. The summed E-state index contributed by atoms with van der Waals surface area (Å²) >= 11 is 3.27. The number of carbonyl (C=O) groups excluding carboxylic acids is 1. The molecule has 2 aromatic rings. The highest BCUT2D eigenvalue weighted by atomic mass is 79.9. The van der Waals surface area contributed by atoms with Gasteiger partial charge >= 0.3 is 5.97 Å². The number of nitrogens with one attached hydrogen (secondary N) is 2. The first-order valence-electron chi connectivity index (χ1n) is 8.96. The zero-order chi connectivity index (χ0) is 21.0. The fraction of sp³-hybridized carbons (Fsp3) is 0.368. The van der Waals surface area contributed by atoms with Crippen LogP contribution >= 0.6 is 15.9 Å². The average Bonchev–Trinajstić information content (AvgIpc) is 2.63. The minimum absolute atomic E-state index is 0.0610.